The molecule has 7 heteroatoms. The molecule has 0 spiro atoms. The van der Waals surface area contributed by atoms with Crippen molar-refractivity contribution in [3.8, 4) is 11.5 Å². The van der Waals surface area contributed by atoms with Crippen molar-refractivity contribution in [2.75, 3.05) is 31.8 Å². The molecule has 7 nitrogen and oxygen atoms in total. The number of rotatable bonds is 8. The van der Waals surface area contributed by atoms with Crippen molar-refractivity contribution in [3.05, 3.63) is 53.6 Å². The molecule has 2 amide bonds. The Labute approximate surface area is 176 Å². The van der Waals surface area contributed by atoms with Gasteiger partial charge in [-0.2, -0.15) is 0 Å². The summed E-state index contributed by atoms with van der Waals surface area (Å²) in [5.74, 6) is 1.33. The van der Waals surface area contributed by atoms with Crippen molar-refractivity contribution < 1.29 is 23.8 Å². The number of amides is 2. The van der Waals surface area contributed by atoms with E-state index in [1.54, 1.807) is 30.2 Å². The van der Waals surface area contributed by atoms with Crippen LogP contribution >= 0.6 is 0 Å². The molecule has 2 aromatic carbocycles. The molecule has 3 rings (SSSR count). The number of nitrogens with one attached hydrogen (secondary N) is 1. The minimum absolute atomic E-state index is 0.205. The molecule has 1 heterocycles. The van der Waals surface area contributed by atoms with Crippen LogP contribution in [0.1, 0.15) is 42.7 Å². The van der Waals surface area contributed by atoms with Crippen LogP contribution in [0, 0.1) is 5.92 Å². The number of anilines is 1. The number of hydrogen-bond donors (Lipinski definition) is 1. The second-order valence-electron chi connectivity index (χ2n) is 7.62. The number of benzene rings is 2. The monoisotopic (exact) mass is 412 g/mol. The maximum Gasteiger partial charge on any atom is 0.414 e. The zero-order valence-electron chi connectivity index (χ0n) is 17.8. The lowest BCUT2D eigenvalue weighted by molar-refractivity contribution is 0.0939. The minimum atomic E-state index is -0.334. The smallest absolute Gasteiger partial charge is 0.414 e. The number of nitrogens with zero attached hydrogens (tertiary/aromatic N) is 1. The van der Waals surface area contributed by atoms with Gasteiger partial charge in [0.2, 0.25) is 0 Å². The molecule has 30 heavy (non-hydrogen) atoms. The van der Waals surface area contributed by atoms with E-state index in [1.807, 2.05) is 31.2 Å². The van der Waals surface area contributed by atoms with Gasteiger partial charge >= 0.3 is 6.09 Å². The molecule has 1 saturated heterocycles. The quantitative estimate of drug-likeness (QED) is 0.704. The highest BCUT2D eigenvalue weighted by Crippen LogP contribution is 2.29. The highest BCUT2D eigenvalue weighted by atomic mass is 16.6. The van der Waals surface area contributed by atoms with Crippen molar-refractivity contribution in [3.63, 3.8) is 0 Å². The Morgan fingerprint density at radius 1 is 1.13 bits per heavy atom. The first-order valence-corrected chi connectivity index (χ1v) is 10.0. The van der Waals surface area contributed by atoms with E-state index >= 15 is 0 Å². The van der Waals surface area contributed by atoms with Crippen LogP contribution < -0.4 is 19.7 Å². The van der Waals surface area contributed by atoms with E-state index in [9.17, 15) is 9.59 Å². The highest BCUT2D eigenvalue weighted by Gasteiger charge is 2.23. The van der Waals surface area contributed by atoms with Crippen LogP contribution in [0.25, 0.3) is 0 Å². The molecule has 1 aliphatic heterocycles. The fourth-order valence-corrected chi connectivity index (χ4v) is 3.12. The van der Waals surface area contributed by atoms with Crippen LogP contribution in [0.3, 0.4) is 0 Å². The Bertz CT molecular complexity index is 895. The molecule has 2 aromatic rings. The lowest BCUT2D eigenvalue weighted by Gasteiger charge is -2.18. The minimum Gasteiger partial charge on any atom is -0.493 e. The fourth-order valence-electron chi connectivity index (χ4n) is 3.12. The van der Waals surface area contributed by atoms with Gasteiger partial charge in [-0.25, -0.2) is 4.79 Å². The van der Waals surface area contributed by atoms with E-state index in [0.717, 1.165) is 11.3 Å². The Morgan fingerprint density at radius 2 is 1.87 bits per heavy atom. The number of cyclic esters (lactones) is 1. The molecule has 1 atom stereocenters. The lowest BCUT2D eigenvalue weighted by atomic mass is 10.1. The number of ether oxygens (including phenoxy) is 3. The molecule has 0 aliphatic carbocycles. The van der Waals surface area contributed by atoms with Crippen molar-refractivity contribution in [1.29, 1.82) is 0 Å². The van der Waals surface area contributed by atoms with E-state index in [-0.39, 0.29) is 18.0 Å². The molecular formula is C23H28N2O5. The molecule has 1 fully saturated rings. The van der Waals surface area contributed by atoms with Gasteiger partial charge in [-0.3, -0.25) is 9.69 Å². The fraction of sp³-hybridized carbons (Fsp3) is 0.391. The molecule has 0 aromatic heterocycles. The van der Waals surface area contributed by atoms with Crippen LogP contribution in [0.5, 0.6) is 11.5 Å². The molecule has 0 saturated carbocycles. The van der Waals surface area contributed by atoms with E-state index in [4.69, 9.17) is 14.2 Å². The molecule has 1 unspecified atom stereocenters. The van der Waals surface area contributed by atoms with Crippen LogP contribution in [-0.2, 0) is 4.74 Å². The van der Waals surface area contributed by atoms with E-state index in [2.05, 4.69) is 19.2 Å². The first kappa shape index (κ1) is 21.5. The number of hydrogen-bond acceptors (Lipinski definition) is 5. The maximum absolute atomic E-state index is 12.7. The Hall–Kier alpha value is -3.22. The SMILES string of the molecule is COc1cc(C(=O)NC(C)c2ccc(N3CCOC3=O)cc2)ccc1OCC(C)C. The third-order valence-electron chi connectivity index (χ3n) is 4.81. The maximum atomic E-state index is 12.7. The summed E-state index contributed by atoms with van der Waals surface area (Å²) in [4.78, 5) is 26.0. The second-order valence-corrected chi connectivity index (χ2v) is 7.62. The summed E-state index contributed by atoms with van der Waals surface area (Å²) >= 11 is 0. The average Bonchev–Trinajstić information content (AvgIpc) is 3.17. The molecule has 1 aliphatic rings. The van der Waals surface area contributed by atoms with Crippen LogP contribution in [0.15, 0.2) is 42.5 Å². The zero-order chi connectivity index (χ0) is 21.7. The van der Waals surface area contributed by atoms with Crippen LogP contribution in [-0.4, -0.2) is 38.9 Å². The van der Waals surface area contributed by atoms with Gasteiger partial charge < -0.3 is 19.5 Å². The summed E-state index contributed by atoms with van der Waals surface area (Å²) < 4.78 is 16.1. The first-order chi connectivity index (χ1) is 14.4. The largest absolute Gasteiger partial charge is 0.493 e. The van der Waals surface area contributed by atoms with Crippen molar-refractivity contribution in [2.24, 2.45) is 5.92 Å². The van der Waals surface area contributed by atoms with E-state index in [1.165, 1.54) is 0 Å². The van der Waals surface area contributed by atoms with Crippen molar-refractivity contribution >= 4 is 17.7 Å². The molecule has 0 radical (unpaired) electrons. The molecule has 1 N–H and O–H groups in total. The van der Waals surface area contributed by atoms with Gasteiger partial charge in [0, 0.05) is 11.3 Å². The average molecular weight is 412 g/mol. The van der Waals surface area contributed by atoms with Gasteiger partial charge in [0.25, 0.3) is 5.91 Å². The summed E-state index contributed by atoms with van der Waals surface area (Å²) in [5.41, 5.74) is 2.21. The third kappa shape index (κ3) is 5.03. The van der Waals surface area contributed by atoms with Gasteiger partial charge in [0.15, 0.2) is 11.5 Å². The Balaban J connectivity index is 1.65. The lowest BCUT2D eigenvalue weighted by Crippen LogP contribution is -2.27. The summed E-state index contributed by atoms with van der Waals surface area (Å²) in [6.07, 6.45) is -0.334. The summed E-state index contributed by atoms with van der Waals surface area (Å²) in [6.45, 7) is 7.57. The third-order valence-corrected chi connectivity index (χ3v) is 4.81. The highest BCUT2D eigenvalue weighted by molar-refractivity contribution is 5.95. The number of methoxy groups -OCH3 is 1. The van der Waals surface area contributed by atoms with Gasteiger partial charge in [-0.15, -0.1) is 0 Å². The standard InChI is InChI=1S/C23H28N2O5/c1-15(2)14-30-20-10-7-18(13-21(20)28-4)22(26)24-16(3)17-5-8-19(9-6-17)25-11-12-29-23(25)27/h5-10,13,15-16H,11-12,14H2,1-4H3,(H,24,26). The summed E-state index contributed by atoms with van der Waals surface area (Å²) in [5, 5.41) is 2.99. The van der Waals surface area contributed by atoms with Crippen molar-refractivity contribution in [2.45, 2.75) is 26.8 Å². The first-order valence-electron chi connectivity index (χ1n) is 10.0. The zero-order valence-corrected chi connectivity index (χ0v) is 17.8. The van der Waals surface area contributed by atoms with Crippen molar-refractivity contribution in [1.82, 2.24) is 5.32 Å². The van der Waals surface area contributed by atoms with E-state index in [0.29, 0.717) is 42.7 Å². The topological polar surface area (TPSA) is 77.1 Å². The molecular weight excluding hydrogens is 384 g/mol. The summed E-state index contributed by atoms with van der Waals surface area (Å²) in [6, 6.07) is 12.5. The second kappa shape index (κ2) is 9.52. The number of carbonyl (C=O) groups excluding carboxylic acids is 2. The predicted molar refractivity (Wildman–Crippen MR) is 114 cm³/mol. The van der Waals surface area contributed by atoms with Gasteiger partial charge in [-0.1, -0.05) is 26.0 Å². The summed E-state index contributed by atoms with van der Waals surface area (Å²) in [7, 11) is 1.56. The Morgan fingerprint density at radius 3 is 2.47 bits per heavy atom. The molecule has 0 bridgehead atoms. The number of carbonyl (C=O) groups is 2. The van der Waals surface area contributed by atoms with Gasteiger partial charge in [-0.05, 0) is 48.7 Å². The predicted octanol–water partition coefficient (Wildman–Crippen LogP) is 4.18. The normalized spacial score (nSPS) is 14.4. The van der Waals surface area contributed by atoms with E-state index < -0.39 is 0 Å². The van der Waals surface area contributed by atoms with Gasteiger partial charge in [0.05, 0.1) is 26.3 Å². The Kier molecular flexibility index (Phi) is 6.82. The van der Waals surface area contributed by atoms with Crippen LogP contribution in [0.2, 0.25) is 0 Å². The molecule has 160 valence electrons. The van der Waals surface area contributed by atoms with Crippen LogP contribution in [0.4, 0.5) is 10.5 Å². The van der Waals surface area contributed by atoms with Gasteiger partial charge in [0.1, 0.15) is 6.61 Å².